The zero-order chi connectivity index (χ0) is 42.2. The summed E-state index contributed by atoms with van der Waals surface area (Å²) in [6.07, 6.45) is 1.01. The van der Waals surface area contributed by atoms with Crippen LogP contribution in [0.5, 0.6) is 11.5 Å². The number of methoxy groups -OCH3 is 1. The van der Waals surface area contributed by atoms with E-state index in [9.17, 15) is 27.6 Å². The lowest BCUT2D eigenvalue weighted by molar-refractivity contribution is -0.143. The third kappa shape index (κ3) is 9.63. The topological polar surface area (TPSA) is 182 Å². The quantitative estimate of drug-likeness (QED) is 0.190. The third-order valence-electron chi connectivity index (χ3n) is 10.4. The molecule has 2 aromatic carbocycles. The number of hydrogen-bond donors (Lipinski definition) is 3. The smallest absolute Gasteiger partial charge is 0.408 e. The molecule has 2 heterocycles. The van der Waals surface area contributed by atoms with Gasteiger partial charge in [-0.05, 0) is 69.7 Å². The SMILES string of the molecule is C=C[C@@H]1C[C@]1(NC(=O)[C@@H]1CC(Oc2cc(-c3ccccc3)nc(-c3ccc(OC)cc3)c2)CN1C(=O)[C@@H](NC(=O)OC(C)(C)C)C(C)(C)C)C(=O)NS(=O)(=O)C1CC1. The Kier molecular flexibility index (Phi) is 11.7. The van der Waals surface area contributed by atoms with Gasteiger partial charge in [0.05, 0.1) is 30.3 Å². The second-order valence-corrected chi connectivity index (χ2v) is 19.2. The number of carbonyl (C=O) groups excluding carboxylic acids is 4. The zero-order valence-corrected chi connectivity index (χ0v) is 34.9. The highest BCUT2D eigenvalue weighted by atomic mass is 32.2. The molecule has 5 atom stereocenters. The Balaban J connectivity index is 1.33. The number of alkyl carbamates (subject to hydrolysis) is 1. The van der Waals surface area contributed by atoms with Gasteiger partial charge in [-0.15, -0.1) is 6.58 Å². The van der Waals surface area contributed by atoms with Gasteiger partial charge >= 0.3 is 6.09 Å². The number of benzene rings is 2. The molecule has 0 spiro atoms. The molecule has 1 aromatic heterocycles. The molecular formula is C43H53N5O9S. The number of pyridine rings is 1. The minimum absolute atomic E-state index is 0.0125. The van der Waals surface area contributed by atoms with E-state index < -0.39 is 79.7 Å². The second-order valence-electron chi connectivity index (χ2n) is 17.3. The molecule has 3 N–H and O–H groups in total. The van der Waals surface area contributed by atoms with Gasteiger partial charge in [0.2, 0.25) is 21.8 Å². The summed E-state index contributed by atoms with van der Waals surface area (Å²) < 4.78 is 45.2. The maximum Gasteiger partial charge on any atom is 0.408 e. The van der Waals surface area contributed by atoms with Gasteiger partial charge < -0.3 is 29.7 Å². The van der Waals surface area contributed by atoms with Gasteiger partial charge in [-0.2, -0.15) is 0 Å². The summed E-state index contributed by atoms with van der Waals surface area (Å²) in [7, 11) is -2.33. The Morgan fingerprint density at radius 3 is 2.09 bits per heavy atom. The van der Waals surface area contributed by atoms with E-state index in [-0.39, 0.29) is 19.4 Å². The van der Waals surface area contributed by atoms with Crippen LogP contribution in [0.2, 0.25) is 0 Å². The molecule has 1 aliphatic heterocycles. The number of aromatic nitrogens is 1. The summed E-state index contributed by atoms with van der Waals surface area (Å²) >= 11 is 0. The molecule has 15 heteroatoms. The van der Waals surface area contributed by atoms with Gasteiger partial charge in [0, 0.05) is 35.6 Å². The number of rotatable bonds is 13. The highest BCUT2D eigenvalue weighted by Crippen LogP contribution is 2.45. The molecule has 58 heavy (non-hydrogen) atoms. The summed E-state index contributed by atoms with van der Waals surface area (Å²) in [6, 6.07) is 18.3. The molecule has 14 nitrogen and oxygen atoms in total. The van der Waals surface area contributed by atoms with Crippen LogP contribution in [0.1, 0.15) is 67.2 Å². The second kappa shape index (κ2) is 16.1. The van der Waals surface area contributed by atoms with Gasteiger partial charge in [-0.3, -0.25) is 19.1 Å². The van der Waals surface area contributed by atoms with Crippen LogP contribution in [-0.4, -0.2) is 90.3 Å². The van der Waals surface area contributed by atoms with Crippen LogP contribution in [0.3, 0.4) is 0 Å². The number of nitrogens with one attached hydrogen (secondary N) is 3. The van der Waals surface area contributed by atoms with Crippen molar-refractivity contribution in [3.8, 4) is 34.0 Å². The summed E-state index contributed by atoms with van der Waals surface area (Å²) in [6.45, 7) is 14.2. The lowest BCUT2D eigenvalue weighted by Gasteiger charge is -2.36. The van der Waals surface area contributed by atoms with E-state index >= 15 is 0 Å². The Bertz CT molecular complexity index is 2160. The Morgan fingerprint density at radius 2 is 1.55 bits per heavy atom. The summed E-state index contributed by atoms with van der Waals surface area (Å²) in [5.74, 6) is -1.50. The number of sulfonamides is 1. The number of amides is 4. The first-order valence-corrected chi connectivity index (χ1v) is 21.0. The van der Waals surface area contributed by atoms with Crippen molar-refractivity contribution in [2.24, 2.45) is 11.3 Å². The monoisotopic (exact) mass is 815 g/mol. The van der Waals surface area contributed by atoms with Crippen molar-refractivity contribution in [1.29, 1.82) is 0 Å². The normalized spacial score (nSPS) is 22.3. The van der Waals surface area contributed by atoms with Crippen molar-refractivity contribution in [2.75, 3.05) is 13.7 Å². The van der Waals surface area contributed by atoms with Crippen molar-refractivity contribution < 1.29 is 41.8 Å². The number of ether oxygens (including phenoxy) is 3. The molecule has 0 bridgehead atoms. The standard InChI is InChI=1S/C43H53N5O9S/c1-9-28-24-43(28,39(51)47-58(53,54)32-19-20-32)46-37(49)35-23-31(25-48(35)38(50)36(41(2,3)4)45-40(52)57-42(5,6)7)56-30-21-33(26-13-11-10-12-14-26)44-34(22-30)27-15-17-29(55-8)18-16-27/h9-18,21-22,28,31-32,35-36H,1,19-20,23-25H2,2-8H3,(H,45,52)(H,46,49)(H,47,51)/t28-,31?,35+,36-,43-/m1/s1. The molecule has 1 unspecified atom stereocenters. The summed E-state index contributed by atoms with van der Waals surface area (Å²) in [5.41, 5.74) is -0.346. The molecule has 1 saturated heterocycles. The molecule has 6 rings (SSSR count). The maximum atomic E-state index is 14.7. The van der Waals surface area contributed by atoms with Crippen LogP contribution in [0, 0.1) is 11.3 Å². The van der Waals surface area contributed by atoms with Crippen molar-refractivity contribution in [3.05, 3.63) is 79.4 Å². The van der Waals surface area contributed by atoms with Crippen molar-refractivity contribution in [2.45, 2.75) is 102 Å². The predicted octanol–water partition coefficient (Wildman–Crippen LogP) is 5.38. The van der Waals surface area contributed by atoms with Crippen LogP contribution < -0.4 is 24.8 Å². The van der Waals surface area contributed by atoms with Crippen LogP contribution in [0.25, 0.3) is 22.5 Å². The minimum atomic E-state index is -3.92. The van der Waals surface area contributed by atoms with Crippen molar-refractivity contribution in [3.63, 3.8) is 0 Å². The van der Waals surface area contributed by atoms with Crippen molar-refractivity contribution >= 4 is 33.8 Å². The molecule has 310 valence electrons. The summed E-state index contributed by atoms with van der Waals surface area (Å²) in [4.78, 5) is 62.1. The van der Waals surface area contributed by atoms with Gasteiger partial charge in [-0.1, -0.05) is 57.2 Å². The van der Waals surface area contributed by atoms with E-state index in [0.29, 0.717) is 35.7 Å². The molecule has 3 fully saturated rings. The number of hydrogen-bond acceptors (Lipinski definition) is 10. The third-order valence-corrected chi connectivity index (χ3v) is 12.2. The first kappa shape index (κ1) is 42.2. The minimum Gasteiger partial charge on any atom is -0.497 e. The van der Waals surface area contributed by atoms with Gasteiger partial charge in [0.15, 0.2) is 0 Å². The first-order chi connectivity index (χ1) is 27.2. The largest absolute Gasteiger partial charge is 0.497 e. The fourth-order valence-electron chi connectivity index (χ4n) is 7.07. The molecule has 2 saturated carbocycles. The molecule has 2 aliphatic carbocycles. The molecular weight excluding hydrogens is 763 g/mol. The number of nitrogens with zero attached hydrogens (tertiary/aromatic N) is 2. The van der Waals surface area contributed by atoms with E-state index in [4.69, 9.17) is 19.2 Å². The van der Waals surface area contributed by atoms with E-state index in [0.717, 1.165) is 11.1 Å². The average Bonchev–Trinajstić information content (AvgIpc) is 4.09. The van der Waals surface area contributed by atoms with Gasteiger partial charge in [0.1, 0.15) is 40.8 Å². The van der Waals surface area contributed by atoms with E-state index in [2.05, 4.69) is 21.9 Å². The predicted molar refractivity (Wildman–Crippen MR) is 218 cm³/mol. The number of carbonyl (C=O) groups is 4. The average molecular weight is 816 g/mol. The van der Waals surface area contributed by atoms with E-state index in [1.165, 1.54) is 11.0 Å². The lowest BCUT2D eigenvalue weighted by Crippen LogP contribution is -2.60. The molecule has 4 amide bonds. The van der Waals surface area contributed by atoms with Crippen molar-refractivity contribution in [1.82, 2.24) is 25.2 Å². The van der Waals surface area contributed by atoms with E-state index in [1.54, 1.807) is 60.8 Å². The molecule has 3 aromatic rings. The lowest BCUT2D eigenvalue weighted by atomic mass is 9.85. The number of likely N-dealkylation sites (tertiary alicyclic amines) is 1. The highest BCUT2D eigenvalue weighted by Gasteiger charge is 2.62. The molecule has 0 radical (unpaired) electrons. The van der Waals surface area contributed by atoms with E-state index in [1.807, 2.05) is 54.6 Å². The zero-order valence-electron chi connectivity index (χ0n) is 34.0. The van der Waals surface area contributed by atoms with Crippen LogP contribution in [0.15, 0.2) is 79.4 Å². The maximum absolute atomic E-state index is 14.7. The Labute approximate surface area is 340 Å². The highest BCUT2D eigenvalue weighted by molar-refractivity contribution is 7.91. The Hall–Kier alpha value is -5.44. The summed E-state index contributed by atoms with van der Waals surface area (Å²) in [5, 5.41) is 4.88. The van der Waals surface area contributed by atoms with Crippen LogP contribution >= 0.6 is 0 Å². The van der Waals surface area contributed by atoms with Crippen LogP contribution in [-0.2, 0) is 29.1 Å². The first-order valence-electron chi connectivity index (χ1n) is 19.4. The fourth-order valence-corrected chi connectivity index (χ4v) is 8.43. The fraction of sp³-hybridized carbons (Fsp3) is 0.465. The van der Waals surface area contributed by atoms with Gasteiger partial charge in [0.25, 0.3) is 5.91 Å². The molecule has 3 aliphatic rings. The van der Waals surface area contributed by atoms with Crippen LogP contribution in [0.4, 0.5) is 4.79 Å². The Morgan fingerprint density at radius 1 is 0.931 bits per heavy atom. The van der Waals surface area contributed by atoms with Gasteiger partial charge in [-0.25, -0.2) is 18.2 Å².